The molecule has 7 heteroatoms. The van der Waals surface area contributed by atoms with Gasteiger partial charge >= 0.3 is 6.18 Å². The molecule has 0 bridgehead atoms. The number of halogens is 3. The van der Waals surface area contributed by atoms with E-state index in [0.717, 1.165) is 4.90 Å². The maximum Gasteiger partial charge on any atom is 0.405 e. The Hall–Kier alpha value is -1.37. The Morgan fingerprint density at radius 3 is 2.37 bits per heavy atom. The van der Waals surface area contributed by atoms with Crippen LogP contribution in [-0.2, 0) is 6.54 Å². The SMILES string of the molecule is CN(CC(F)(F)F)c1cncc(CNC(C)(C)C)n1. The number of aromatic nitrogens is 2. The fourth-order valence-electron chi connectivity index (χ4n) is 1.37. The van der Waals surface area contributed by atoms with Crippen LogP contribution < -0.4 is 10.2 Å². The molecule has 0 unspecified atom stereocenters. The highest BCUT2D eigenvalue weighted by atomic mass is 19.4. The van der Waals surface area contributed by atoms with Gasteiger partial charge in [-0.1, -0.05) is 0 Å². The van der Waals surface area contributed by atoms with E-state index in [2.05, 4.69) is 15.3 Å². The van der Waals surface area contributed by atoms with Crippen molar-refractivity contribution in [2.45, 2.75) is 39.0 Å². The van der Waals surface area contributed by atoms with E-state index in [0.29, 0.717) is 12.2 Å². The molecule has 1 N–H and O–H groups in total. The minimum Gasteiger partial charge on any atom is -0.349 e. The molecule has 0 saturated heterocycles. The van der Waals surface area contributed by atoms with Crippen LogP contribution in [0.2, 0.25) is 0 Å². The number of anilines is 1. The fourth-order valence-corrected chi connectivity index (χ4v) is 1.37. The molecule has 0 aliphatic rings. The third-order valence-corrected chi connectivity index (χ3v) is 2.28. The van der Waals surface area contributed by atoms with E-state index >= 15 is 0 Å². The van der Waals surface area contributed by atoms with Gasteiger partial charge in [-0.05, 0) is 20.8 Å². The second-order valence-corrected chi connectivity index (χ2v) is 5.44. The topological polar surface area (TPSA) is 41.1 Å². The lowest BCUT2D eigenvalue weighted by Gasteiger charge is -2.22. The van der Waals surface area contributed by atoms with Crippen LogP contribution >= 0.6 is 0 Å². The van der Waals surface area contributed by atoms with Crippen molar-refractivity contribution >= 4 is 5.82 Å². The molecule has 1 heterocycles. The van der Waals surface area contributed by atoms with Crippen LogP contribution in [0.3, 0.4) is 0 Å². The first kappa shape index (κ1) is 15.7. The van der Waals surface area contributed by atoms with Gasteiger partial charge < -0.3 is 10.2 Å². The molecule has 0 radical (unpaired) electrons. The Morgan fingerprint density at radius 1 is 1.21 bits per heavy atom. The summed E-state index contributed by atoms with van der Waals surface area (Å²) in [5.74, 6) is 0.213. The van der Waals surface area contributed by atoms with Gasteiger partial charge in [-0.2, -0.15) is 13.2 Å². The van der Waals surface area contributed by atoms with E-state index in [9.17, 15) is 13.2 Å². The summed E-state index contributed by atoms with van der Waals surface area (Å²) in [5.41, 5.74) is 0.525. The van der Waals surface area contributed by atoms with Crippen LogP contribution in [0.1, 0.15) is 26.5 Å². The second-order valence-electron chi connectivity index (χ2n) is 5.44. The predicted octanol–water partition coefficient (Wildman–Crippen LogP) is 2.36. The molecular formula is C12H19F3N4. The summed E-state index contributed by atoms with van der Waals surface area (Å²) in [5, 5.41) is 3.21. The molecule has 0 spiro atoms. The number of alkyl halides is 3. The number of hydrogen-bond donors (Lipinski definition) is 1. The van der Waals surface area contributed by atoms with Crippen LogP contribution in [-0.4, -0.2) is 35.3 Å². The molecule has 0 saturated carbocycles. The lowest BCUT2D eigenvalue weighted by Crippen LogP contribution is -2.35. The van der Waals surface area contributed by atoms with E-state index in [1.165, 1.54) is 13.2 Å². The van der Waals surface area contributed by atoms with Gasteiger partial charge in [-0.15, -0.1) is 0 Å². The molecule has 0 aliphatic heterocycles. The summed E-state index contributed by atoms with van der Waals surface area (Å²) < 4.78 is 36.9. The Kier molecular flexibility index (Phi) is 4.73. The summed E-state index contributed by atoms with van der Waals surface area (Å²) in [6, 6.07) is 0. The van der Waals surface area contributed by atoms with Crippen LogP contribution in [0.4, 0.5) is 19.0 Å². The molecule has 4 nitrogen and oxygen atoms in total. The Balaban J connectivity index is 2.71. The molecule has 19 heavy (non-hydrogen) atoms. The molecule has 108 valence electrons. The van der Waals surface area contributed by atoms with Crippen LogP contribution in [0.5, 0.6) is 0 Å². The molecule has 0 fully saturated rings. The Labute approximate surface area is 111 Å². The monoisotopic (exact) mass is 276 g/mol. The maximum atomic E-state index is 12.3. The van der Waals surface area contributed by atoms with E-state index in [4.69, 9.17) is 0 Å². The molecular weight excluding hydrogens is 257 g/mol. The summed E-state index contributed by atoms with van der Waals surface area (Å²) in [6.45, 7) is 5.42. The van der Waals surface area contributed by atoms with Gasteiger partial charge in [0, 0.05) is 25.3 Å². The zero-order chi connectivity index (χ0) is 14.7. The van der Waals surface area contributed by atoms with Crippen molar-refractivity contribution in [3.63, 3.8) is 0 Å². The highest BCUT2D eigenvalue weighted by Crippen LogP contribution is 2.19. The van der Waals surface area contributed by atoms with Gasteiger partial charge in [0.2, 0.25) is 0 Å². The molecule has 0 aromatic carbocycles. The minimum atomic E-state index is -4.25. The number of nitrogens with one attached hydrogen (secondary N) is 1. The first-order valence-electron chi connectivity index (χ1n) is 5.91. The van der Waals surface area contributed by atoms with Crippen molar-refractivity contribution in [3.8, 4) is 0 Å². The van der Waals surface area contributed by atoms with Crippen molar-refractivity contribution in [2.75, 3.05) is 18.5 Å². The van der Waals surface area contributed by atoms with Crippen LogP contribution in [0.15, 0.2) is 12.4 Å². The number of hydrogen-bond acceptors (Lipinski definition) is 4. The molecule has 0 amide bonds. The summed E-state index contributed by atoms with van der Waals surface area (Å²) in [6.07, 6.45) is -1.38. The summed E-state index contributed by atoms with van der Waals surface area (Å²) in [4.78, 5) is 9.12. The third kappa shape index (κ3) is 6.37. The van der Waals surface area contributed by atoms with Crippen molar-refractivity contribution in [2.24, 2.45) is 0 Å². The van der Waals surface area contributed by atoms with Gasteiger partial charge in [0.15, 0.2) is 0 Å². The van der Waals surface area contributed by atoms with Crippen molar-refractivity contribution in [3.05, 3.63) is 18.1 Å². The van der Waals surface area contributed by atoms with Gasteiger partial charge in [0.05, 0.1) is 11.9 Å². The van der Waals surface area contributed by atoms with E-state index in [1.54, 1.807) is 6.20 Å². The molecule has 0 aliphatic carbocycles. The molecule has 1 aromatic heterocycles. The van der Waals surface area contributed by atoms with E-state index in [1.807, 2.05) is 20.8 Å². The van der Waals surface area contributed by atoms with Crippen molar-refractivity contribution in [1.29, 1.82) is 0 Å². The average molecular weight is 276 g/mol. The molecule has 1 aromatic rings. The number of rotatable bonds is 4. The van der Waals surface area contributed by atoms with Crippen molar-refractivity contribution in [1.82, 2.24) is 15.3 Å². The smallest absolute Gasteiger partial charge is 0.349 e. The Morgan fingerprint density at radius 2 is 1.84 bits per heavy atom. The minimum absolute atomic E-state index is 0.0877. The van der Waals surface area contributed by atoms with E-state index < -0.39 is 12.7 Å². The normalized spacial score (nSPS) is 12.6. The average Bonchev–Trinajstić information content (AvgIpc) is 2.23. The third-order valence-electron chi connectivity index (χ3n) is 2.28. The first-order chi connectivity index (χ1) is 8.57. The highest BCUT2D eigenvalue weighted by Gasteiger charge is 2.29. The van der Waals surface area contributed by atoms with Crippen LogP contribution in [0, 0.1) is 0 Å². The quantitative estimate of drug-likeness (QED) is 0.916. The fraction of sp³-hybridized carbons (Fsp3) is 0.667. The van der Waals surface area contributed by atoms with Crippen molar-refractivity contribution < 1.29 is 13.2 Å². The van der Waals surface area contributed by atoms with E-state index in [-0.39, 0.29) is 11.4 Å². The summed E-state index contributed by atoms with van der Waals surface area (Å²) in [7, 11) is 1.35. The lowest BCUT2D eigenvalue weighted by atomic mass is 10.1. The Bertz CT molecular complexity index is 412. The standard InChI is InChI=1S/C12H19F3N4/c1-11(2,3)17-6-9-5-16-7-10(18-9)19(4)8-12(13,14)15/h5,7,17H,6,8H2,1-4H3. The first-order valence-corrected chi connectivity index (χ1v) is 5.91. The maximum absolute atomic E-state index is 12.3. The predicted molar refractivity (Wildman–Crippen MR) is 67.9 cm³/mol. The molecule has 0 atom stereocenters. The van der Waals surface area contributed by atoms with Crippen LogP contribution in [0.25, 0.3) is 0 Å². The zero-order valence-electron chi connectivity index (χ0n) is 11.5. The second kappa shape index (κ2) is 5.73. The lowest BCUT2D eigenvalue weighted by molar-refractivity contribution is -0.119. The number of nitrogens with zero attached hydrogens (tertiary/aromatic N) is 3. The largest absolute Gasteiger partial charge is 0.405 e. The van der Waals surface area contributed by atoms with Gasteiger partial charge in [0.25, 0.3) is 0 Å². The molecule has 1 rings (SSSR count). The zero-order valence-corrected chi connectivity index (χ0v) is 11.5. The summed E-state index contributed by atoms with van der Waals surface area (Å²) >= 11 is 0. The highest BCUT2D eigenvalue weighted by molar-refractivity contribution is 5.35. The van der Waals surface area contributed by atoms with Gasteiger partial charge in [-0.25, -0.2) is 4.98 Å². The van der Waals surface area contributed by atoms with Gasteiger partial charge in [0.1, 0.15) is 12.4 Å². The van der Waals surface area contributed by atoms with Gasteiger partial charge in [-0.3, -0.25) is 4.98 Å².